The van der Waals surface area contributed by atoms with E-state index in [4.69, 9.17) is 0 Å². The van der Waals surface area contributed by atoms with Gasteiger partial charge in [0.15, 0.2) is 0 Å². The van der Waals surface area contributed by atoms with Crippen LogP contribution in [0.5, 0.6) is 0 Å². The van der Waals surface area contributed by atoms with Crippen LogP contribution in [0.4, 0.5) is 0 Å². The van der Waals surface area contributed by atoms with Crippen LogP contribution in [0.1, 0.15) is 29.7 Å². The van der Waals surface area contributed by atoms with Crippen molar-refractivity contribution in [2.75, 3.05) is 19.6 Å². The van der Waals surface area contributed by atoms with Crippen molar-refractivity contribution in [3.05, 3.63) is 34.9 Å². The summed E-state index contributed by atoms with van der Waals surface area (Å²) in [5.74, 6) is 0.0142. The van der Waals surface area contributed by atoms with Crippen molar-refractivity contribution in [3.8, 4) is 0 Å². The van der Waals surface area contributed by atoms with E-state index in [9.17, 15) is 9.90 Å². The first kappa shape index (κ1) is 14.0. The van der Waals surface area contributed by atoms with E-state index in [0.717, 1.165) is 5.56 Å². The molecule has 1 saturated heterocycles. The van der Waals surface area contributed by atoms with Crippen LogP contribution >= 0.6 is 0 Å². The molecule has 2 rings (SSSR count). The van der Waals surface area contributed by atoms with Crippen molar-refractivity contribution in [1.29, 1.82) is 0 Å². The van der Waals surface area contributed by atoms with Crippen LogP contribution in [0.2, 0.25) is 0 Å². The third-order valence-electron chi connectivity index (χ3n) is 3.58. The van der Waals surface area contributed by atoms with E-state index < -0.39 is 0 Å². The fourth-order valence-electron chi connectivity index (χ4n) is 2.47. The van der Waals surface area contributed by atoms with Crippen molar-refractivity contribution in [2.45, 2.75) is 32.9 Å². The predicted octanol–water partition coefficient (Wildman–Crippen LogP) is 1.16. The third-order valence-corrected chi connectivity index (χ3v) is 3.58. The van der Waals surface area contributed by atoms with Crippen molar-refractivity contribution >= 4 is 5.91 Å². The first-order valence-electron chi connectivity index (χ1n) is 6.72. The average Bonchev–Trinajstić information content (AvgIpc) is 2.30. The lowest BCUT2D eigenvalue weighted by atomic mass is 10.00. The molecule has 2 N–H and O–H groups in total. The number of hydrogen-bond donors (Lipinski definition) is 2. The van der Waals surface area contributed by atoms with Gasteiger partial charge >= 0.3 is 0 Å². The summed E-state index contributed by atoms with van der Waals surface area (Å²) in [6.45, 7) is 7.69. The number of rotatable bonds is 4. The Bertz CT molecular complexity index is 467. The lowest BCUT2D eigenvalue weighted by Crippen LogP contribution is -2.54. The number of aliphatic hydroxyl groups excluding tert-OH is 1. The van der Waals surface area contributed by atoms with Crippen LogP contribution in [-0.4, -0.2) is 41.7 Å². The summed E-state index contributed by atoms with van der Waals surface area (Å²) in [5, 5.41) is 12.2. The van der Waals surface area contributed by atoms with Gasteiger partial charge in [-0.2, -0.15) is 0 Å². The fourth-order valence-corrected chi connectivity index (χ4v) is 2.47. The lowest BCUT2D eigenvalue weighted by Gasteiger charge is -2.35. The number of carbonyl (C=O) groups is 1. The van der Waals surface area contributed by atoms with Crippen molar-refractivity contribution in [2.24, 2.45) is 0 Å². The highest BCUT2D eigenvalue weighted by atomic mass is 16.3. The molecule has 0 aromatic heterocycles. The Kier molecular flexibility index (Phi) is 4.22. The number of aliphatic hydroxyl groups is 1. The van der Waals surface area contributed by atoms with Crippen molar-refractivity contribution in [3.63, 3.8) is 0 Å². The largest absolute Gasteiger partial charge is 0.390 e. The van der Waals surface area contributed by atoms with E-state index in [1.165, 1.54) is 11.1 Å². The maximum Gasteiger partial charge on any atom is 0.234 e. The molecule has 0 unspecified atom stereocenters. The minimum absolute atomic E-state index is 0.0126. The summed E-state index contributed by atoms with van der Waals surface area (Å²) in [7, 11) is 0. The number of likely N-dealkylation sites (tertiary alicyclic amines) is 1. The molecule has 0 radical (unpaired) electrons. The number of carbonyl (C=O) groups excluding carboxylic acids is 1. The van der Waals surface area contributed by atoms with E-state index in [2.05, 4.69) is 37.4 Å². The molecule has 19 heavy (non-hydrogen) atoms. The maximum absolute atomic E-state index is 11.9. The Balaban J connectivity index is 1.91. The molecule has 1 heterocycles. The molecular formula is C15H22N2O2. The van der Waals surface area contributed by atoms with Crippen LogP contribution < -0.4 is 5.32 Å². The first-order valence-corrected chi connectivity index (χ1v) is 6.72. The molecular weight excluding hydrogens is 240 g/mol. The third kappa shape index (κ3) is 3.55. The standard InChI is InChI=1S/C15H22N2O2/c1-10-4-5-11(2)14(6-10)12(3)16-15(19)9-17-7-13(18)8-17/h4-6,12-13,18H,7-9H2,1-3H3,(H,16,19)/t12-/m1/s1. The second kappa shape index (κ2) is 5.72. The molecule has 0 aliphatic carbocycles. The van der Waals surface area contributed by atoms with E-state index >= 15 is 0 Å². The highest BCUT2D eigenvalue weighted by Gasteiger charge is 2.26. The van der Waals surface area contributed by atoms with Crippen LogP contribution in [-0.2, 0) is 4.79 Å². The number of aryl methyl sites for hydroxylation is 2. The lowest BCUT2D eigenvalue weighted by molar-refractivity contribution is -0.125. The molecule has 0 saturated carbocycles. The smallest absolute Gasteiger partial charge is 0.234 e. The van der Waals surface area contributed by atoms with Gasteiger partial charge in [-0.05, 0) is 31.9 Å². The van der Waals surface area contributed by atoms with E-state index in [-0.39, 0.29) is 18.1 Å². The topological polar surface area (TPSA) is 52.6 Å². The number of hydrogen-bond acceptors (Lipinski definition) is 3. The minimum Gasteiger partial charge on any atom is -0.390 e. The van der Waals surface area contributed by atoms with Crippen molar-refractivity contribution < 1.29 is 9.90 Å². The van der Waals surface area contributed by atoms with Gasteiger partial charge in [0.05, 0.1) is 18.7 Å². The zero-order valence-corrected chi connectivity index (χ0v) is 11.8. The molecule has 1 aromatic carbocycles. The van der Waals surface area contributed by atoms with Gasteiger partial charge in [-0.3, -0.25) is 9.69 Å². The monoisotopic (exact) mass is 262 g/mol. The molecule has 4 nitrogen and oxygen atoms in total. The molecule has 1 aliphatic rings. The van der Waals surface area contributed by atoms with Gasteiger partial charge in [0.1, 0.15) is 0 Å². The highest BCUT2D eigenvalue weighted by Crippen LogP contribution is 2.19. The molecule has 0 bridgehead atoms. The second-order valence-electron chi connectivity index (χ2n) is 5.50. The Hall–Kier alpha value is -1.39. The number of β-amino-alcohol motifs (C(OH)–C–C–N with tert-alkyl or cyclic N) is 1. The molecule has 1 fully saturated rings. The van der Waals surface area contributed by atoms with E-state index in [1.54, 1.807) is 0 Å². The van der Waals surface area contributed by atoms with Gasteiger partial charge in [-0.15, -0.1) is 0 Å². The molecule has 4 heteroatoms. The van der Waals surface area contributed by atoms with Gasteiger partial charge in [-0.1, -0.05) is 23.8 Å². The Morgan fingerprint density at radius 2 is 2.16 bits per heavy atom. The SMILES string of the molecule is Cc1ccc(C)c([C@@H](C)NC(=O)CN2CC(O)C2)c1. The molecule has 0 spiro atoms. The molecule has 1 amide bonds. The highest BCUT2D eigenvalue weighted by molar-refractivity contribution is 5.78. The zero-order valence-electron chi connectivity index (χ0n) is 11.8. The second-order valence-corrected chi connectivity index (χ2v) is 5.50. The number of amides is 1. The molecule has 1 aliphatic heterocycles. The fraction of sp³-hybridized carbons (Fsp3) is 0.533. The predicted molar refractivity (Wildman–Crippen MR) is 74.9 cm³/mol. The summed E-state index contributed by atoms with van der Waals surface area (Å²) < 4.78 is 0. The molecule has 1 atom stereocenters. The van der Waals surface area contributed by atoms with Gasteiger partial charge < -0.3 is 10.4 Å². The van der Waals surface area contributed by atoms with Gasteiger partial charge in [0.2, 0.25) is 5.91 Å². The van der Waals surface area contributed by atoms with E-state index in [1.807, 2.05) is 11.8 Å². The minimum atomic E-state index is -0.260. The normalized spacial score (nSPS) is 17.9. The summed E-state index contributed by atoms with van der Waals surface area (Å²) in [6.07, 6.45) is -0.260. The Morgan fingerprint density at radius 3 is 2.79 bits per heavy atom. The molecule has 1 aromatic rings. The van der Waals surface area contributed by atoms with Crippen LogP contribution in [0.25, 0.3) is 0 Å². The Morgan fingerprint density at radius 1 is 1.47 bits per heavy atom. The van der Waals surface area contributed by atoms with Gasteiger partial charge in [0, 0.05) is 13.1 Å². The first-order chi connectivity index (χ1) is 8.95. The number of nitrogens with one attached hydrogen (secondary N) is 1. The van der Waals surface area contributed by atoms with Crippen molar-refractivity contribution in [1.82, 2.24) is 10.2 Å². The Labute approximate surface area is 114 Å². The van der Waals surface area contributed by atoms with E-state index in [0.29, 0.717) is 19.6 Å². The van der Waals surface area contributed by atoms with Crippen LogP contribution in [0.3, 0.4) is 0 Å². The summed E-state index contributed by atoms with van der Waals surface area (Å²) in [4.78, 5) is 13.8. The number of nitrogens with zero attached hydrogens (tertiary/aromatic N) is 1. The molecule has 104 valence electrons. The quantitative estimate of drug-likeness (QED) is 0.856. The summed E-state index contributed by atoms with van der Waals surface area (Å²) in [5.41, 5.74) is 3.56. The average molecular weight is 262 g/mol. The van der Waals surface area contributed by atoms with Gasteiger partial charge in [-0.25, -0.2) is 0 Å². The zero-order chi connectivity index (χ0) is 14.0. The summed E-state index contributed by atoms with van der Waals surface area (Å²) >= 11 is 0. The van der Waals surface area contributed by atoms with Gasteiger partial charge in [0.25, 0.3) is 0 Å². The van der Waals surface area contributed by atoms with Crippen LogP contribution in [0.15, 0.2) is 18.2 Å². The summed E-state index contributed by atoms with van der Waals surface area (Å²) in [6, 6.07) is 6.29. The van der Waals surface area contributed by atoms with Crippen LogP contribution in [0, 0.1) is 13.8 Å². The maximum atomic E-state index is 11.9. The number of benzene rings is 1.